The number of hydrogen-bond donors (Lipinski definition) is 2. The third kappa shape index (κ3) is 7.87. The summed E-state index contributed by atoms with van der Waals surface area (Å²) in [6.45, 7) is 10.9. The summed E-state index contributed by atoms with van der Waals surface area (Å²) in [7, 11) is 0. The van der Waals surface area contributed by atoms with Crippen LogP contribution in [0.1, 0.15) is 61.3 Å². The van der Waals surface area contributed by atoms with Gasteiger partial charge >= 0.3 is 5.97 Å². The summed E-state index contributed by atoms with van der Waals surface area (Å²) >= 11 is 6.77. The highest BCUT2D eigenvalue weighted by Gasteiger charge is 2.25. The molecule has 0 aliphatic rings. The van der Waals surface area contributed by atoms with Crippen LogP contribution in [0.25, 0.3) is 11.1 Å². The third-order valence-electron chi connectivity index (χ3n) is 5.64. The highest BCUT2D eigenvalue weighted by atomic mass is 32.1. The minimum atomic E-state index is -0.435. The van der Waals surface area contributed by atoms with Crippen molar-refractivity contribution in [3.8, 4) is 16.9 Å². The predicted molar refractivity (Wildman–Crippen MR) is 155 cm³/mol. The van der Waals surface area contributed by atoms with E-state index in [0.29, 0.717) is 23.6 Å². The van der Waals surface area contributed by atoms with Gasteiger partial charge in [-0.15, -0.1) is 11.3 Å². The topological polar surface area (TPSA) is 76.7 Å². The van der Waals surface area contributed by atoms with E-state index in [1.54, 1.807) is 6.92 Å². The van der Waals surface area contributed by atoms with Gasteiger partial charge in [-0.2, -0.15) is 0 Å². The van der Waals surface area contributed by atoms with Crippen molar-refractivity contribution in [2.75, 3.05) is 18.5 Å². The highest BCUT2D eigenvalue weighted by Crippen LogP contribution is 2.40. The maximum atomic E-state index is 12.8. The van der Waals surface area contributed by atoms with Gasteiger partial charge in [-0.3, -0.25) is 4.79 Å². The SMILES string of the molecule is CCOC(=O)c1c(NC(=S)NC(=O)CCCOc2ccc(C(C)(C)C)cc2)sc(C)c1-c1ccccc1. The van der Waals surface area contributed by atoms with Crippen LogP contribution < -0.4 is 15.4 Å². The molecular formula is C29H34N2O4S2. The normalized spacial score (nSPS) is 11.1. The van der Waals surface area contributed by atoms with Crippen molar-refractivity contribution in [2.24, 2.45) is 0 Å². The number of thiophene rings is 1. The second-order valence-electron chi connectivity index (χ2n) is 9.55. The van der Waals surface area contributed by atoms with Crippen LogP contribution in [0, 0.1) is 6.92 Å². The summed E-state index contributed by atoms with van der Waals surface area (Å²) in [5, 5.41) is 6.41. The van der Waals surface area contributed by atoms with Gasteiger partial charge < -0.3 is 20.1 Å². The van der Waals surface area contributed by atoms with Gasteiger partial charge in [-0.05, 0) is 61.2 Å². The zero-order valence-corrected chi connectivity index (χ0v) is 23.6. The average Bonchev–Trinajstić information content (AvgIpc) is 3.17. The molecule has 6 nitrogen and oxygen atoms in total. The fourth-order valence-electron chi connectivity index (χ4n) is 3.78. The maximum absolute atomic E-state index is 12.8. The molecule has 1 aromatic heterocycles. The van der Waals surface area contributed by atoms with E-state index in [9.17, 15) is 9.59 Å². The first-order valence-corrected chi connectivity index (χ1v) is 13.5. The number of aryl methyl sites for hydroxylation is 1. The van der Waals surface area contributed by atoms with Crippen molar-refractivity contribution in [2.45, 2.75) is 52.9 Å². The summed E-state index contributed by atoms with van der Waals surface area (Å²) in [6.07, 6.45) is 0.797. The number of esters is 1. The Bertz CT molecular complexity index is 1230. The number of amides is 1. The van der Waals surface area contributed by atoms with Crippen molar-refractivity contribution >= 4 is 45.5 Å². The summed E-state index contributed by atoms with van der Waals surface area (Å²) < 4.78 is 11.1. The average molecular weight is 539 g/mol. The first kappa shape index (κ1) is 28.3. The molecule has 8 heteroatoms. The van der Waals surface area contributed by atoms with Crippen molar-refractivity contribution in [3.05, 3.63) is 70.6 Å². The number of ether oxygens (including phenoxy) is 2. The molecule has 1 heterocycles. The van der Waals surface area contributed by atoms with Crippen molar-refractivity contribution < 1.29 is 19.1 Å². The van der Waals surface area contributed by atoms with Crippen LogP contribution in [-0.2, 0) is 14.9 Å². The number of anilines is 1. The molecule has 0 unspecified atom stereocenters. The standard InChI is InChI=1S/C29H34N2O4S2/c1-6-34-27(33)25-24(20-11-8-7-9-12-20)19(2)37-26(25)31-28(36)30-23(32)13-10-18-35-22-16-14-21(15-17-22)29(3,4)5/h7-9,11-12,14-17H,6,10,13,18H2,1-5H3,(H2,30,31,32,36). The smallest absolute Gasteiger partial charge is 0.341 e. The number of rotatable bonds is 9. The summed E-state index contributed by atoms with van der Waals surface area (Å²) in [6, 6.07) is 17.7. The number of benzene rings is 2. The Balaban J connectivity index is 1.56. The lowest BCUT2D eigenvalue weighted by atomic mass is 9.87. The molecule has 0 fully saturated rings. The van der Waals surface area contributed by atoms with Crippen molar-refractivity contribution in [3.63, 3.8) is 0 Å². The van der Waals surface area contributed by atoms with Gasteiger partial charge in [0, 0.05) is 16.9 Å². The van der Waals surface area contributed by atoms with Gasteiger partial charge in [-0.1, -0.05) is 63.2 Å². The van der Waals surface area contributed by atoms with E-state index >= 15 is 0 Å². The molecular weight excluding hydrogens is 504 g/mol. The fourth-order valence-corrected chi connectivity index (χ4v) is 5.13. The Hall–Kier alpha value is -3.23. The molecule has 37 heavy (non-hydrogen) atoms. The molecule has 0 saturated carbocycles. The molecule has 0 atom stereocenters. The summed E-state index contributed by atoms with van der Waals surface area (Å²) in [5.41, 5.74) is 3.45. The molecule has 1 amide bonds. The number of thiocarbonyl (C=S) groups is 1. The van der Waals surface area contributed by atoms with E-state index in [-0.39, 0.29) is 29.5 Å². The van der Waals surface area contributed by atoms with Crippen LogP contribution in [0.15, 0.2) is 54.6 Å². The molecule has 0 bridgehead atoms. The zero-order valence-electron chi connectivity index (χ0n) is 22.0. The first-order valence-electron chi connectivity index (χ1n) is 12.3. The van der Waals surface area contributed by atoms with E-state index < -0.39 is 5.97 Å². The molecule has 0 aliphatic carbocycles. The second kappa shape index (κ2) is 12.8. The lowest BCUT2D eigenvalue weighted by Crippen LogP contribution is -2.34. The molecule has 2 N–H and O–H groups in total. The molecule has 0 spiro atoms. The van der Waals surface area contributed by atoms with Crippen LogP contribution in [0.4, 0.5) is 5.00 Å². The predicted octanol–water partition coefficient (Wildman–Crippen LogP) is 6.87. The first-order chi connectivity index (χ1) is 17.6. The Labute approximate surface area is 228 Å². The van der Waals surface area contributed by atoms with Gasteiger partial charge in [0.05, 0.1) is 13.2 Å². The maximum Gasteiger partial charge on any atom is 0.341 e. The lowest BCUT2D eigenvalue weighted by Gasteiger charge is -2.19. The van der Waals surface area contributed by atoms with Gasteiger partial charge in [-0.25, -0.2) is 4.79 Å². The summed E-state index contributed by atoms with van der Waals surface area (Å²) in [5.74, 6) is 0.118. The van der Waals surface area contributed by atoms with Crippen LogP contribution >= 0.6 is 23.6 Å². The van der Waals surface area contributed by atoms with Crippen molar-refractivity contribution in [1.82, 2.24) is 5.32 Å². The number of hydrogen-bond acceptors (Lipinski definition) is 6. The zero-order chi connectivity index (χ0) is 27.0. The second-order valence-corrected chi connectivity index (χ2v) is 11.2. The Morgan fingerprint density at radius 2 is 1.70 bits per heavy atom. The quantitative estimate of drug-likeness (QED) is 0.176. The van der Waals surface area contributed by atoms with E-state index in [1.807, 2.05) is 49.4 Å². The minimum absolute atomic E-state index is 0.0884. The molecule has 2 aromatic carbocycles. The van der Waals surface area contributed by atoms with Crippen LogP contribution in [0.2, 0.25) is 0 Å². The van der Waals surface area contributed by atoms with E-state index in [0.717, 1.165) is 21.8 Å². The Morgan fingerprint density at radius 1 is 1.03 bits per heavy atom. The van der Waals surface area contributed by atoms with Gasteiger partial charge in [0.15, 0.2) is 5.11 Å². The monoisotopic (exact) mass is 538 g/mol. The van der Waals surface area contributed by atoms with Gasteiger partial charge in [0.1, 0.15) is 16.3 Å². The fraction of sp³-hybridized carbons (Fsp3) is 0.345. The lowest BCUT2D eigenvalue weighted by molar-refractivity contribution is -0.119. The van der Waals surface area contributed by atoms with Crippen molar-refractivity contribution in [1.29, 1.82) is 0 Å². The van der Waals surface area contributed by atoms with Crippen LogP contribution in [-0.4, -0.2) is 30.2 Å². The number of nitrogens with one attached hydrogen (secondary N) is 2. The summed E-state index contributed by atoms with van der Waals surface area (Å²) in [4.78, 5) is 26.2. The Kier molecular flexibility index (Phi) is 9.83. The third-order valence-corrected chi connectivity index (χ3v) is 6.87. The van der Waals surface area contributed by atoms with Gasteiger partial charge in [0.2, 0.25) is 5.91 Å². The molecule has 0 aliphatic heterocycles. The van der Waals surface area contributed by atoms with E-state index in [4.69, 9.17) is 21.7 Å². The number of carbonyl (C=O) groups excluding carboxylic acids is 2. The molecule has 3 rings (SSSR count). The molecule has 0 radical (unpaired) electrons. The molecule has 196 valence electrons. The van der Waals surface area contributed by atoms with Crippen LogP contribution in [0.5, 0.6) is 5.75 Å². The number of carbonyl (C=O) groups is 2. The molecule has 0 saturated heterocycles. The van der Waals surface area contributed by atoms with E-state index in [1.165, 1.54) is 16.9 Å². The highest BCUT2D eigenvalue weighted by molar-refractivity contribution is 7.80. The molecule has 3 aromatic rings. The van der Waals surface area contributed by atoms with E-state index in [2.05, 4.69) is 43.5 Å². The van der Waals surface area contributed by atoms with Gasteiger partial charge in [0.25, 0.3) is 0 Å². The minimum Gasteiger partial charge on any atom is -0.494 e. The van der Waals surface area contributed by atoms with Crippen LogP contribution in [0.3, 0.4) is 0 Å². The Morgan fingerprint density at radius 3 is 2.32 bits per heavy atom. The largest absolute Gasteiger partial charge is 0.494 e.